The third kappa shape index (κ3) is 2.27. The lowest BCUT2D eigenvalue weighted by Gasteiger charge is -2.21. The van der Waals surface area contributed by atoms with Crippen LogP contribution in [0.1, 0.15) is 38.3 Å². The number of hydrogen-bond donors (Lipinski definition) is 1. The number of hydrogen-bond acceptors (Lipinski definition) is 4. The van der Waals surface area contributed by atoms with E-state index in [2.05, 4.69) is 9.97 Å². The number of methoxy groups -OCH3 is 1. The van der Waals surface area contributed by atoms with Gasteiger partial charge in [-0.1, -0.05) is 0 Å². The fraction of sp³-hybridized carbons (Fsp3) is 0.600. The van der Waals surface area contributed by atoms with E-state index in [4.69, 9.17) is 10.5 Å². The molecule has 0 aliphatic heterocycles. The quantitative estimate of drug-likeness (QED) is 0.791. The summed E-state index contributed by atoms with van der Waals surface area (Å²) in [4.78, 5) is 8.53. The molecule has 14 heavy (non-hydrogen) atoms. The number of rotatable bonds is 3. The highest BCUT2D eigenvalue weighted by Crippen LogP contribution is 2.20. The largest absolute Gasteiger partial charge is 0.371 e. The first-order chi connectivity index (χ1) is 6.47. The number of ether oxygens (including phenoxy) is 1. The predicted molar refractivity (Wildman–Crippen MR) is 54.7 cm³/mol. The molecule has 4 nitrogen and oxygen atoms in total. The zero-order valence-corrected chi connectivity index (χ0v) is 9.11. The van der Waals surface area contributed by atoms with Crippen LogP contribution in [-0.2, 0) is 10.3 Å². The third-order valence-electron chi connectivity index (χ3n) is 2.19. The minimum absolute atomic E-state index is 0.0793. The van der Waals surface area contributed by atoms with Gasteiger partial charge in [0.05, 0.1) is 5.69 Å². The molecule has 0 fully saturated rings. The van der Waals surface area contributed by atoms with Crippen LogP contribution >= 0.6 is 0 Å². The lowest BCUT2D eigenvalue weighted by atomic mass is 10.1. The molecule has 4 heteroatoms. The van der Waals surface area contributed by atoms with E-state index in [1.165, 1.54) is 0 Å². The molecule has 0 aromatic carbocycles. The van der Waals surface area contributed by atoms with Gasteiger partial charge in [0.25, 0.3) is 0 Å². The molecule has 0 saturated carbocycles. The fourth-order valence-corrected chi connectivity index (χ4v) is 1.01. The maximum atomic E-state index is 5.74. The zero-order chi connectivity index (χ0) is 10.8. The fourth-order valence-electron chi connectivity index (χ4n) is 1.01. The van der Waals surface area contributed by atoms with Gasteiger partial charge in [0, 0.05) is 19.3 Å². The molecule has 1 rings (SSSR count). The summed E-state index contributed by atoms with van der Waals surface area (Å²) >= 11 is 0. The molecule has 1 heterocycles. The van der Waals surface area contributed by atoms with E-state index >= 15 is 0 Å². The Labute approximate surface area is 84.5 Å². The van der Waals surface area contributed by atoms with Crippen LogP contribution in [0, 0.1) is 0 Å². The highest BCUT2D eigenvalue weighted by Gasteiger charge is 2.23. The van der Waals surface area contributed by atoms with E-state index in [1.807, 2.05) is 26.8 Å². The van der Waals surface area contributed by atoms with Gasteiger partial charge < -0.3 is 10.5 Å². The van der Waals surface area contributed by atoms with Gasteiger partial charge in [-0.25, -0.2) is 9.97 Å². The summed E-state index contributed by atoms with van der Waals surface area (Å²) in [5.74, 6) is 0.662. The van der Waals surface area contributed by atoms with Crippen molar-refractivity contribution in [2.45, 2.75) is 32.4 Å². The SMILES string of the molecule is COC(C)(C)c1nccc(C(C)N)n1. The first-order valence-electron chi connectivity index (χ1n) is 4.61. The van der Waals surface area contributed by atoms with E-state index in [1.54, 1.807) is 13.3 Å². The normalized spacial score (nSPS) is 14.1. The standard InChI is InChI=1S/C10H17N3O/c1-7(11)8-5-6-12-9(13-8)10(2,3)14-4/h5-7H,11H2,1-4H3. The van der Waals surface area contributed by atoms with Gasteiger partial charge in [-0.05, 0) is 26.8 Å². The second-order valence-corrected chi connectivity index (χ2v) is 3.81. The summed E-state index contributed by atoms with van der Waals surface area (Å²) in [6.07, 6.45) is 1.71. The van der Waals surface area contributed by atoms with Crippen molar-refractivity contribution >= 4 is 0 Å². The average Bonchev–Trinajstić information content (AvgIpc) is 2.18. The van der Waals surface area contributed by atoms with Crippen molar-refractivity contribution in [2.24, 2.45) is 5.73 Å². The van der Waals surface area contributed by atoms with E-state index in [-0.39, 0.29) is 6.04 Å². The summed E-state index contributed by atoms with van der Waals surface area (Å²) in [5.41, 5.74) is 6.10. The Kier molecular flexibility index (Phi) is 3.18. The maximum Gasteiger partial charge on any atom is 0.159 e. The van der Waals surface area contributed by atoms with E-state index in [0.717, 1.165) is 5.69 Å². The summed E-state index contributed by atoms with van der Waals surface area (Å²) < 4.78 is 5.29. The molecule has 0 aliphatic rings. The van der Waals surface area contributed by atoms with Gasteiger partial charge >= 0.3 is 0 Å². The molecular weight excluding hydrogens is 178 g/mol. The number of aromatic nitrogens is 2. The first kappa shape index (κ1) is 11.1. The van der Waals surface area contributed by atoms with Gasteiger partial charge in [-0.2, -0.15) is 0 Å². The molecule has 2 N–H and O–H groups in total. The van der Waals surface area contributed by atoms with Crippen LogP contribution in [0.2, 0.25) is 0 Å². The molecule has 0 aliphatic carbocycles. The minimum Gasteiger partial charge on any atom is -0.371 e. The Morgan fingerprint density at radius 2 is 2.14 bits per heavy atom. The van der Waals surface area contributed by atoms with Gasteiger partial charge in [0.2, 0.25) is 0 Å². The minimum atomic E-state index is -0.467. The van der Waals surface area contributed by atoms with Crippen molar-refractivity contribution in [1.82, 2.24) is 9.97 Å². The van der Waals surface area contributed by atoms with Crippen LogP contribution in [-0.4, -0.2) is 17.1 Å². The van der Waals surface area contributed by atoms with Crippen LogP contribution in [0.15, 0.2) is 12.3 Å². The Hall–Kier alpha value is -1.00. The van der Waals surface area contributed by atoms with E-state index in [0.29, 0.717) is 5.82 Å². The molecule has 0 amide bonds. The van der Waals surface area contributed by atoms with E-state index < -0.39 is 5.60 Å². The molecule has 1 unspecified atom stereocenters. The molecule has 1 atom stereocenters. The zero-order valence-electron chi connectivity index (χ0n) is 9.11. The molecule has 1 aromatic rings. The van der Waals surface area contributed by atoms with Crippen molar-refractivity contribution in [1.29, 1.82) is 0 Å². The smallest absolute Gasteiger partial charge is 0.159 e. The van der Waals surface area contributed by atoms with Crippen LogP contribution in [0.3, 0.4) is 0 Å². The first-order valence-corrected chi connectivity index (χ1v) is 4.61. The molecule has 78 valence electrons. The number of nitrogens with two attached hydrogens (primary N) is 1. The van der Waals surface area contributed by atoms with Crippen LogP contribution < -0.4 is 5.73 Å². The highest BCUT2D eigenvalue weighted by molar-refractivity contribution is 5.09. The Morgan fingerprint density at radius 3 is 2.64 bits per heavy atom. The summed E-state index contributed by atoms with van der Waals surface area (Å²) in [6.45, 7) is 5.74. The predicted octanol–water partition coefficient (Wildman–Crippen LogP) is 1.38. The Morgan fingerprint density at radius 1 is 1.50 bits per heavy atom. The van der Waals surface area contributed by atoms with Crippen molar-refractivity contribution in [3.63, 3.8) is 0 Å². The van der Waals surface area contributed by atoms with Gasteiger partial charge in [0.15, 0.2) is 5.82 Å². The van der Waals surface area contributed by atoms with Crippen LogP contribution in [0.25, 0.3) is 0 Å². The van der Waals surface area contributed by atoms with E-state index in [9.17, 15) is 0 Å². The van der Waals surface area contributed by atoms with Gasteiger partial charge in [0.1, 0.15) is 5.60 Å². The van der Waals surface area contributed by atoms with Gasteiger partial charge in [-0.15, -0.1) is 0 Å². The van der Waals surface area contributed by atoms with Crippen LogP contribution in [0.4, 0.5) is 0 Å². The molecule has 1 aromatic heterocycles. The summed E-state index contributed by atoms with van der Waals surface area (Å²) in [5, 5.41) is 0. The molecule has 0 radical (unpaired) electrons. The number of nitrogens with zero attached hydrogens (tertiary/aromatic N) is 2. The topological polar surface area (TPSA) is 61.0 Å². The summed E-state index contributed by atoms with van der Waals surface area (Å²) in [7, 11) is 1.64. The third-order valence-corrected chi connectivity index (χ3v) is 2.19. The van der Waals surface area contributed by atoms with Crippen LogP contribution in [0.5, 0.6) is 0 Å². The Balaban J connectivity index is 3.05. The van der Waals surface area contributed by atoms with Crippen molar-refractivity contribution < 1.29 is 4.74 Å². The molecule has 0 spiro atoms. The molecule has 0 saturated heterocycles. The van der Waals surface area contributed by atoms with Gasteiger partial charge in [-0.3, -0.25) is 0 Å². The summed E-state index contributed by atoms with van der Waals surface area (Å²) in [6, 6.07) is 1.74. The molecular formula is C10H17N3O. The average molecular weight is 195 g/mol. The highest BCUT2D eigenvalue weighted by atomic mass is 16.5. The lowest BCUT2D eigenvalue weighted by Crippen LogP contribution is -2.24. The van der Waals surface area contributed by atoms with Crippen molar-refractivity contribution in [2.75, 3.05) is 7.11 Å². The molecule has 0 bridgehead atoms. The Bertz CT molecular complexity index is 310. The second kappa shape index (κ2) is 4.02. The van der Waals surface area contributed by atoms with Crippen molar-refractivity contribution in [3.05, 3.63) is 23.8 Å². The van der Waals surface area contributed by atoms with Crippen molar-refractivity contribution in [3.8, 4) is 0 Å². The maximum absolute atomic E-state index is 5.74. The lowest BCUT2D eigenvalue weighted by molar-refractivity contribution is 0.0112. The monoisotopic (exact) mass is 195 g/mol. The second-order valence-electron chi connectivity index (χ2n) is 3.81.